The van der Waals surface area contributed by atoms with Crippen molar-refractivity contribution in [2.75, 3.05) is 39.3 Å². The van der Waals surface area contributed by atoms with Crippen molar-refractivity contribution in [2.24, 2.45) is 0 Å². The highest BCUT2D eigenvalue weighted by Crippen LogP contribution is 2.41. The number of hydrogen-bond acceptors (Lipinski definition) is 4. The van der Waals surface area contributed by atoms with Crippen molar-refractivity contribution in [3.63, 3.8) is 0 Å². The number of likely N-dealkylation sites (tertiary alicyclic amines) is 2. The number of piperidine rings is 2. The number of aliphatic hydroxyl groups is 1. The molecule has 240 valence electrons. The predicted octanol–water partition coefficient (Wildman–Crippen LogP) is 7.22. The van der Waals surface area contributed by atoms with E-state index in [0.717, 1.165) is 70.5 Å². The van der Waals surface area contributed by atoms with E-state index in [1.54, 1.807) is 0 Å². The summed E-state index contributed by atoms with van der Waals surface area (Å²) in [5.74, 6) is 0.142. The van der Waals surface area contributed by atoms with Gasteiger partial charge in [-0.05, 0) is 80.4 Å². The van der Waals surface area contributed by atoms with Gasteiger partial charge in [-0.25, -0.2) is 0 Å². The second kappa shape index (κ2) is 17.0. The zero-order chi connectivity index (χ0) is 29.4. The molecule has 0 spiro atoms. The van der Waals surface area contributed by atoms with Crippen molar-refractivity contribution < 1.29 is 9.90 Å². The van der Waals surface area contributed by atoms with Crippen LogP contribution in [0, 0.1) is 0 Å². The van der Waals surface area contributed by atoms with Gasteiger partial charge in [0.1, 0.15) is 0 Å². The van der Waals surface area contributed by atoms with Gasteiger partial charge in [0.25, 0.3) is 0 Å². The van der Waals surface area contributed by atoms with Crippen LogP contribution in [0.25, 0.3) is 0 Å². The Balaban J connectivity index is 0.00000264. The average Bonchev–Trinajstić information content (AvgIpc) is 3.03. The molecule has 2 fully saturated rings. The highest BCUT2D eigenvalue weighted by atomic mass is 35.5. The number of amides is 1. The van der Waals surface area contributed by atoms with Crippen LogP contribution >= 0.6 is 36.4 Å². The normalized spacial score (nSPS) is 17.7. The SMILES string of the molecule is CCN1CCC(NC(=O)CC(CCCN2CCC(O)(c3ccc(Cl)cc3)CC2)(c2ccccc2)c2ccccc2)CC1.Cl.Cl. The zero-order valence-electron chi connectivity index (χ0n) is 25.8. The molecule has 44 heavy (non-hydrogen) atoms. The molecule has 2 saturated heterocycles. The lowest BCUT2D eigenvalue weighted by Crippen LogP contribution is -2.46. The fourth-order valence-corrected chi connectivity index (χ4v) is 7.13. The summed E-state index contributed by atoms with van der Waals surface area (Å²) in [5.41, 5.74) is 2.14. The highest BCUT2D eigenvalue weighted by Gasteiger charge is 2.38. The lowest BCUT2D eigenvalue weighted by Gasteiger charge is -2.40. The fourth-order valence-electron chi connectivity index (χ4n) is 7.01. The second-order valence-corrected chi connectivity index (χ2v) is 12.7. The average molecular weight is 661 g/mol. The molecule has 0 atom stereocenters. The third kappa shape index (κ3) is 8.99. The van der Waals surface area contributed by atoms with Gasteiger partial charge in [0.2, 0.25) is 5.91 Å². The van der Waals surface area contributed by atoms with Gasteiger partial charge in [-0.3, -0.25) is 4.79 Å². The van der Waals surface area contributed by atoms with Crippen LogP contribution in [0.2, 0.25) is 5.02 Å². The zero-order valence-corrected chi connectivity index (χ0v) is 28.2. The van der Waals surface area contributed by atoms with Gasteiger partial charge in [0.05, 0.1) is 5.60 Å². The van der Waals surface area contributed by atoms with Crippen molar-refractivity contribution in [3.05, 3.63) is 107 Å². The van der Waals surface area contributed by atoms with E-state index in [-0.39, 0.29) is 36.8 Å². The van der Waals surface area contributed by atoms with E-state index in [4.69, 9.17) is 11.6 Å². The summed E-state index contributed by atoms with van der Waals surface area (Å²) in [6.07, 6.45) is 5.71. The first kappa shape index (κ1) is 36.3. The fraction of sp³-hybridized carbons (Fsp3) is 0.472. The number of nitrogens with zero attached hydrogens (tertiary/aromatic N) is 2. The lowest BCUT2D eigenvalue weighted by molar-refractivity contribution is -0.123. The van der Waals surface area contributed by atoms with Crippen LogP contribution in [-0.4, -0.2) is 66.1 Å². The van der Waals surface area contributed by atoms with Gasteiger partial charge in [0.15, 0.2) is 0 Å². The van der Waals surface area contributed by atoms with Crippen LogP contribution in [0.4, 0.5) is 0 Å². The summed E-state index contributed by atoms with van der Waals surface area (Å²) in [4.78, 5) is 18.7. The van der Waals surface area contributed by atoms with E-state index in [9.17, 15) is 9.90 Å². The molecule has 2 aliphatic heterocycles. The van der Waals surface area contributed by atoms with Crippen LogP contribution in [-0.2, 0) is 15.8 Å². The summed E-state index contributed by atoms with van der Waals surface area (Å²) in [5, 5.41) is 15.5. The minimum atomic E-state index is -0.801. The Labute approximate surface area is 281 Å². The summed E-state index contributed by atoms with van der Waals surface area (Å²) < 4.78 is 0. The third-order valence-electron chi connectivity index (χ3n) is 9.66. The van der Waals surface area contributed by atoms with Crippen LogP contribution < -0.4 is 5.32 Å². The molecule has 8 heteroatoms. The van der Waals surface area contributed by atoms with Crippen molar-refractivity contribution >= 4 is 42.3 Å². The molecule has 0 unspecified atom stereocenters. The first-order valence-corrected chi connectivity index (χ1v) is 16.1. The quantitative estimate of drug-likeness (QED) is 0.228. The first-order chi connectivity index (χ1) is 20.4. The van der Waals surface area contributed by atoms with E-state index in [0.29, 0.717) is 24.3 Å². The monoisotopic (exact) mass is 659 g/mol. The molecule has 3 aromatic carbocycles. The molecular weight excluding hydrogens is 613 g/mol. The van der Waals surface area contributed by atoms with Gasteiger partial charge >= 0.3 is 0 Å². The molecule has 2 heterocycles. The number of carbonyl (C=O) groups excluding carboxylic acids is 1. The molecule has 2 aliphatic rings. The molecule has 0 radical (unpaired) electrons. The van der Waals surface area contributed by atoms with Crippen molar-refractivity contribution in [3.8, 4) is 0 Å². The molecule has 0 bridgehead atoms. The minimum absolute atomic E-state index is 0. The number of halogens is 3. The molecule has 3 aromatic rings. The number of carbonyl (C=O) groups is 1. The minimum Gasteiger partial charge on any atom is -0.385 e. The van der Waals surface area contributed by atoms with Gasteiger partial charge < -0.3 is 20.2 Å². The largest absolute Gasteiger partial charge is 0.385 e. The van der Waals surface area contributed by atoms with Crippen LogP contribution in [0.15, 0.2) is 84.9 Å². The molecule has 1 amide bonds. The number of hydrogen-bond donors (Lipinski definition) is 2. The van der Waals surface area contributed by atoms with Crippen molar-refractivity contribution in [2.45, 2.75) is 68.9 Å². The Hall–Kier alpha value is -2.12. The maximum atomic E-state index is 13.7. The number of nitrogens with one attached hydrogen (secondary N) is 1. The van der Waals surface area contributed by atoms with Gasteiger partial charge in [-0.2, -0.15) is 0 Å². The van der Waals surface area contributed by atoms with Crippen LogP contribution in [0.1, 0.15) is 68.6 Å². The standard InChI is InChI=1S/C36H46ClN3O2.2ClH/c1-2-39-24-18-33(19-25-39)38-34(41)28-35(29-10-5-3-6-11-29,30-12-7-4-8-13-30)20-9-23-40-26-21-36(42,22-27-40)31-14-16-32(37)17-15-31;;/h3-8,10-17,33,42H,2,9,18-28H2,1H3,(H,38,41);2*1H. The summed E-state index contributed by atoms with van der Waals surface area (Å²) in [6, 6.07) is 29.1. The highest BCUT2D eigenvalue weighted by molar-refractivity contribution is 6.30. The predicted molar refractivity (Wildman–Crippen MR) is 186 cm³/mol. The molecule has 5 nitrogen and oxygen atoms in total. The third-order valence-corrected chi connectivity index (χ3v) is 9.91. The molecule has 5 rings (SSSR count). The van der Waals surface area contributed by atoms with Gasteiger partial charge in [-0.15, -0.1) is 24.8 Å². The van der Waals surface area contributed by atoms with Crippen LogP contribution in [0.3, 0.4) is 0 Å². The van der Waals surface area contributed by atoms with Crippen LogP contribution in [0.5, 0.6) is 0 Å². The molecule has 2 N–H and O–H groups in total. The van der Waals surface area contributed by atoms with Crippen molar-refractivity contribution in [1.29, 1.82) is 0 Å². The molecular formula is C36H48Cl3N3O2. The maximum absolute atomic E-state index is 13.7. The second-order valence-electron chi connectivity index (χ2n) is 12.3. The Morgan fingerprint density at radius 1 is 0.864 bits per heavy atom. The van der Waals surface area contributed by atoms with E-state index in [1.807, 2.05) is 24.3 Å². The molecule has 0 aromatic heterocycles. The summed E-state index contributed by atoms with van der Waals surface area (Å²) in [6.45, 7) is 8.01. The Morgan fingerprint density at radius 2 is 1.41 bits per heavy atom. The lowest BCUT2D eigenvalue weighted by atomic mass is 9.68. The van der Waals surface area contributed by atoms with E-state index < -0.39 is 11.0 Å². The molecule has 0 saturated carbocycles. The topological polar surface area (TPSA) is 55.8 Å². The van der Waals surface area contributed by atoms with Gasteiger partial charge in [-0.1, -0.05) is 91.3 Å². The van der Waals surface area contributed by atoms with E-state index in [2.05, 4.69) is 82.7 Å². The Morgan fingerprint density at radius 3 is 1.93 bits per heavy atom. The number of rotatable bonds is 11. The van der Waals surface area contributed by atoms with Crippen molar-refractivity contribution in [1.82, 2.24) is 15.1 Å². The summed E-state index contributed by atoms with van der Waals surface area (Å²) >= 11 is 6.08. The smallest absolute Gasteiger partial charge is 0.221 e. The maximum Gasteiger partial charge on any atom is 0.221 e. The summed E-state index contributed by atoms with van der Waals surface area (Å²) in [7, 11) is 0. The van der Waals surface area contributed by atoms with E-state index in [1.165, 1.54) is 11.1 Å². The number of benzene rings is 3. The Kier molecular flexibility index (Phi) is 14.0. The first-order valence-electron chi connectivity index (χ1n) is 15.7. The van der Waals surface area contributed by atoms with Gasteiger partial charge in [0, 0.05) is 49.1 Å². The Bertz CT molecular complexity index is 1220. The van der Waals surface area contributed by atoms with E-state index >= 15 is 0 Å². The molecule has 0 aliphatic carbocycles.